The number of nitrogens with zero attached hydrogens (tertiary/aromatic N) is 2. The number of fused-ring (bicyclic) bond motifs is 1. The molecule has 0 saturated carbocycles. The zero-order chi connectivity index (χ0) is 18.7. The lowest BCUT2D eigenvalue weighted by atomic mass is 10.0. The van der Waals surface area contributed by atoms with Crippen molar-refractivity contribution in [3.05, 3.63) is 63.7 Å². The van der Waals surface area contributed by atoms with E-state index in [9.17, 15) is 19.7 Å². The normalized spacial score (nSPS) is 13.0. The molecule has 0 N–H and O–H groups in total. The van der Waals surface area contributed by atoms with Crippen molar-refractivity contribution in [2.75, 3.05) is 18.1 Å². The lowest BCUT2D eigenvalue weighted by Crippen LogP contribution is -2.38. The van der Waals surface area contributed by atoms with E-state index >= 15 is 0 Å². The summed E-state index contributed by atoms with van der Waals surface area (Å²) in [7, 11) is 0. The molecule has 7 heteroatoms. The van der Waals surface area contributed by atoms with Crippen molar-refractivity contribution < 1.29 is 19.2 Å². The van der Waals surface area contributed by atoms with E-state index in [1.54, 1.807) is 35.2 Å². The number of hydrogen-bond acceptors (Lipinski definition) is 5. The van der Waals surface area contributed by atoms with E-state index in [-0.39, 0.29) is 24.0 Å². The summed E-state index contributed by atoms with van der Waals surface area (Å²) in [6.45, 7) is 1.89. The first-order valence-corrected chi connectivity index (χ1v) is 8.27. The fourth-order valence-corrected chi connectivity index (χ4v) is 2.97. The van der Waals surface area contributed by atoms with Crippen LogP contribution in [0.4, 0.5) is 11.4 Å². The molecule has 1 aliphatic heterocycles. The number of carbonyl (C=O) groups is 2. The number of hydrogen-bond donors (Lipinski definition) is 0. The quantitative estimate of drug-likeness (QED) is 0.467. The van der Waals surface area contributed by atoms with Crippen LogP contribution in [0.3, 0.4) is 0 Å². The van der Waals surface area contributed by atoms with Crippen molar-refractivity contribution in [3.63, 3.8) is 0 Å². The molecule has 0 saturated heterocycles. The van der Waals surface area contributed by atoms with Crippen LogP contribution >= 0.6 is 0 Å². The van der Waals surface area contributed by atoms with Crippen molar-refractivity contribution >= 4 is 23.1 Å². The Morgan fingerprint density at radius 1 is 1.19 bits per heavy atom. The molecule has 1 aliphatic rings. The number of anilines is 1. The summed E-state index contributed by atoms with van der Waals surface area (Å²) < 4.78 is 5.52. The van der Waals surface area contributed by atoms with Gasteiger partial charge in [-0.3, -0.25) is 19.7 Å². The summed E-state index contributed by atoms with van der Waals surface area (Å²) in [5.41, 5.74) is 2.10. The van der Waals surface area contributed by atoms with Crippen LogP contribution in [0.15, 0.2) is 42.5 Å². The second kappa shape index (κ2) is 7.35. The van der Waals surface area contributed by atoms with Gasteiger partial charge in [-0.05, 0) is 55.7 Å². The highest BCUT2D eigenvalue weighted by atomic mass is 16.6. The molecular weight excluding hydrogens is 336 g/mol. The largest absolute Gasteiger partial charge is 0.484 e. The number of non-ortho nitro benzene ring substituents is 1. The van der Waals surface area contributed by atoms with Gasteiger partial charge in [0.2, 0.25) is 0 Å². The van der Waals surface area contributed by atoms with E-state index in [2.05, 4.69) is 0 Å². The van der Waals surface area contributed by atoms with Crippen LogP contribution in [-0.4, -0.2) is 29.8 Å². The van der Waals surface area contributed by atoms with Crippen LogP contribution in [0.25, 0.3) is 0 Å². The molecule has 0 aliphatic carbocycles. The molecule has 0 fully saturated rings. The van der Waals surface area contributed by atoms with Gasteiger partial charge in [-0.1, -0.05) is 0 Å². The predicted octanol–water partition coefficient (Wildman–Crippen LogP) is 3.16. The van der Waals surface area contributed by atoms with E-state index in [0.717, 1.165) is 12.0 Å². The van der Waals surface area contributed by atoms with Crippen LogP contribution in [0, 0.1) is 10.1 Å². The molecule has 26 heavy (non-hydrogen) atoms. The average Bonchev–Trinajstić information content (AvgIpc) is 2.65. The molecule has 0 atom stereocenters. The topological polar surface area (TPSA) is 89.8 Å². The van der Waals surface area contributed by atoms with E-state index in [1.165, 1.54) is 19.1 Å². The molecule has 134 valence electrons. The van der Waals surface area contributed by atoms with E-state index in [4.69, 9.17) is 4.74 Å². The molecule has 3 rings (SSSR count). The lowest BCUT2D eigenvalue weighted by molar-refractivity contribution is -0.384. The van der Waals surface area contributed by atoms with Gasteiger partial charge in [-0.25, -0.2) is 0 Å². The van der Waals surface area contributed by atoms with Crippen LogP contribution < -0.4 is 9.64 Å². The van der Waals surface area contributed by atoms with E-state index in [1.807, 2.05) is 0 Å². The first kappa shape index (κ1) is 17.6. The van der Waals surface area contributed by atoms with Crippen LogP contribution in [0.2, 0.25) is 0 Å². The van der Waals surface area contributed by atoms with Crippen LogP contribution in [-0.2, 0) is 11.2 Å². The number of nitro benzene ring substituents is 1. The van der Waals surface area contributed by atoms with Crippen molar-refractivity contribution in [2.45, 2.75) is 19.8 Å². The Bertz CT molecular complexity index is 861. The maximum atomic E-state index is 12.5. The standard InChI is InChI=1S/C19H18N2O5/c1-13(22)14-4-7-17(8-5-14)26-12-19(23)20-10-2-3-15-11-16(21(24)25)6-9-18(15)20/h4-9,11H,2-3,10,12H2,1H3. The number of carbonyl (C=O) groups excluding carboxylic acids is 2. The molecule has 2 aromatic carbocycles. The Hall–Kier alpha value is -3.22. The third kappa shape index (κ3) is 3.72. The Balaban J connectivity index is 1.69. The zero-order valence-electron chi connectivity index (χ0n) is 14.3. The highest BCUT2D eigenvalue weighted by molar-refractivity contribution is 5.96. The van der Waals surface area contributed by atoms with Gasteiger partial charge in [0.25, 0.3) is 11.6 Å². The monoisotopic (exact) mass is 354 g/mol. The number of rotatable bonds is 5. The summed E-state index contributed by atoms with van der Waals surface area (Å²) in [5.74, 6) is 0.256. The molecule has 0 radical (unpaired) electrons. The second-order valence-corrected chi connectivity index (χ2v) is 6.09. The highest BCUT2D eigenvalue weighted by Gasteiger charge is 2.24. The Morgan fingerprint density at radius 2 is 1.92 bits per heavy atom. The fourth-order valence-electron chi connectivity index (χ4n) is 2.97. The van der Waals surface area contributed by atoms with Gasteiger partial charge in [-0.15, -0.1) is 0 Å². The lowest BCUT2D eigenvalue weighted by Gasteiger charge is -2.29. The summed E-state index contributed by atoms with van der Waals surface area (Å²) in [4.78, 5) is 35.9. The van der Waals surface area contributed by atoms with Crippen LogP contribution in [0.5, 0.6) is 5.75 Å². The third-order valence-corrected chi connectivity index (χ3v) is 4.32. The molecule has 1 amide bonds. The summed E-state index contributed by atoms with van der Waals surface area (Å²) in [6.07, 6.45) is 1.45. The molecule has 0 spiro atoms. The smallest absolute Gasteiger partial charge is 0.269 e. The molecule has 7 nitrogen and oxygen atoms in total. The first-order chi connectivity index (χ1) is 12.5. The Morgan fingerprint density at radius 3 is 2.58 bits per heavy atom. The van der Waals surface area contributed by atoms with Gasteiger partial charge in [0.15, 0.2) is 12.4 Å². The van der Waals surface area contributed by atoms with Gasteiger partial charge >= 0.3 is 0 Å². The molecule has 2 aromatic rings. The number of amides is 1. The van der Waals surface area contributed by atoms with E-state index < -0.39 is 4.92 Å². The Labute approximate surface area is 150 Å². The summed E-state index contributed by atoms with van der Waals surface area (Å²) in [6, 6.07) is 11.2. The zero-order valence-corrected chi connectivity index (χ0v) is 14.3. The molecule has 0 bridgehead atoms. The summed E-state index contributed by atoms with van der Waals surface area (Å²) >= 11 is 0. The maximum Gasteiger partial charge on any atom is 0.269 e. The minimum atomic E-state index is -0.436. The second-order valence-electron chi connectivity index (χ2n) is 6.09. The molecular formula is C19H18N2O5. The SMILES string of the molecule is CC(=O)c1ccc(OCC(=O)N2CCCc3cc([N+](=O)[O-])ccc32)cc1. The summed E-state index contributed by atoms with van der Waals surface area (Å²) in [5, 5.41) is 10.9. The number of benzene rings is 2. The van der Waals surface area contributed by atoms with Gasteiger partial charge in [0.05, 0.1) is 4.92 Å². The first-order valence-electron chi connectivity index (χ1n) is 8.27. The number of Topliss-reactive ketones (excluding diaryl/α,β-unsaturated/α-hetero) is 1. The molecule has 0 aromatic heterocycles. The minimum Gasteiger partial charge on any atom is -0.484 e. The highest BCUT2D eigenvalue weighted by Crippen LogP contribution is 2.30. The van der Waals surface area contributed by atoms with Crippen molar-refractivity contribution in [1.29, 1.82) is 0 Å². The van der Waals surface area contributed by atoms with Crippen LogP contribution in [0.1, 0.15) is 29.3 Å². The van der Waals surface area contributed by atoms with E-state index in [0.29, 0.717) is 30.0 Å². The minimum absolute atomic E-state index is 0.0276. The number of aryl methyl sites for hydroxylation is 1. The Kier molecular flexibility index (Phi) is 4.97. The number of ether oxygens (including phenoxy) is 1. The molecule has 0 unspecified atom stereocenters. The van der Waals surface area contributed by atoms with Crippen molar-refractivity contribution in [2.24, 2.45) is 0 Å². The fraction of sp³-hybridized carbons (Fsp3) is 0.263. The molecule has 1 heterocycles. The number of ketones is 1. The third-order valence-electron chi connectivity index (χ3n) is 4.32. The van der Waals surface area contributed by atoms with Gasteiger partial charge in [0.1, 0.15) is 5.75 Å². The van der Waals surface area contributed by atoms with Crippen molar-refractivity contribution in [1.82, 2.24) is 0 Å². The predicted molar refractivity (Wildman–Crippen MR) is 95.7 cm³/mol. The van der Waals surface area contributed by atoms with Crippen molar-refractivity contribution in [3.8, 4) is 5.75 Å². The maximum absolute atomic E-state index is 12.5. The van der Waals surface area contributed by atoms with Gasteiger partial charge in [-0.2, -0.15) is 0 Å². The average molecular weight is 354 g/mol. The van der Waals surface area contributed by atoms with Gasteiger partial charge in [0, 0.05) is 29.9 Å². The van der Waals surface area contributed by atoms with Gasteiger partial charge < -0.3 is 9.64 Å². The number of nitro groups is 1.